The zero-order valence-electron chi connectivity index (χ0n) is 11.1. The lowest BCUT2D eigenvalue weighted by Gasteiger charge is -2.08. The Hall–Kier alpha value is -2.21. The lowest BCUT2D eigenvalue weighted by atomic mass is 10.2. The van der Waals surface area contributed by atoms with Gasteiger partial charge < -0.3 is 10.5 Å². The summed E-state index contributed by atoms with van der Waals surface area (Å²) in [7, 11) is 0. The molecule has 1 aromatic heterocycles. The second-order valence-electron chi connectivity index (χ2n) is 4.25. The molecule has 0 radical (unpaired) electrons. The first-order chi connectivity index (χ1) is 9.49. The van der Waals surface area contributed by atoms with Crippen molar-refractivity contribution in [3.05, 3.63) is 40.9 Å². The van der Waals surface area contributed by atoms with Gasteiger partial charge in [-0.3, -0.25) is 4.79 Å². The highest BCUT2D eigenvalue weighted by Crippen LogP contribution is 2.28. The maximum absolute atomic E-state index is 12.0. The van der Waals surface area contributed by atoms with Crippen LogP contribution in [0.3, 0.4) is 0 Å². The lowest BCUT2D eigenvalue weighted by molar-refractivity contribution is -0.125. The Balaban J connectivity index is 2.24. The van der Waals surface area contributed by atoms with Gasteiger partial charge in [-0.15, -0.1) is 11.3 Å². The number of benzene rings is 1. The van der Waals surface area contributed by atoms with Crippen LogP contribution in [0.2, 0.25) is 0 Å². The summed E-state index contributed by atoms with van der Waals surface area (Å²) in [5.41, 5.74) is 6.58. The van der Waals surface area contributed by atoms with Gasteiger partial charge in [0, 0.05) is 5.56 Å². The second kappa shape index (κ2) is 5.83. The van der Waals surface area contributed by atoms with E-state index in [4.69, 9.17) is 10.5 Å². The van der Waals surface area contributed by atoms with Crippen LogP contribution in [-0.2, 0) is 9.53 Å². The summed E-state index contributed by atoms with van der Waals surface area (Å²) in [6.07, 6.45) is -0.954. The Bertz CT molecular complexity index is 637. The van der Waals surface area contributed by atoms with Crippen molar-refractivity contribution in [3.8, 4) is 10.6 Å². The van der Waals surface area contributed by atoms with Crippen molar-refractivity contribution in [1.82, 2.24) is 4.98 Å². The number of primary amides is 1. The molecule has 0 aliphatic rings. The van der Waals surface area contributed by atoms with Crippen LogP contribution < -0.4 is 5.73 Å². The minimum atomic E-state index is -0.954. The molecule has 0 saturated carbocycles. The topological polar surface area (TPSA) is 82.3 Å². The molecule has 20 heavy (non-hydrogen) atoms. The molecule has 2 aromatic rings. The third kappa shape index (κ3) is 3.03. The number of hydrogen-bond donors (Lipinski definition) is 1. The van der Waals surface area contributed by atoms with E-state index in [9.17, 15) is 9.59 Å². The number of aryl methyl sites for hydroxylation is 1. The van der Waals surface area contributed by atoms with Gasteiger partial charge in [0.25, 0.3) is 5.91 Å². The highest BCUT2D eigenvalue weighted by Gasteiger charge is 2.21. The van der Waals surface area contributed by atoms with E-state index in [0.717, 1.165) is 10.6 Å². The zero-order valence-corrected chi connectivity index (χ0v) is 11.9. The smallest absolute Gasteiger partial charge is 0.351 e. The summed E-state index contributed by atoms with van der Waals surface area (Å²) in [4.78, 5) is 27.6. The third-order valence-electron chi connectivity index (χ3n) is 2.69. The van der Waals surface area contributed by atoms with Crippen LogP contribution in [0.5, 0.6) is 0 Å². The number of thiazole rings is 1. The minimum absolute atomic E-state index is 0.386. The number of carbonyl (C=O) groups is 2. The average molecular weight is 290 g/mol. The van der Waals surface area contributed by atoms with Crippen LogP contribution in [0.15, 0.2) is 30.3 Å². The van der Waals surface area contributed by atoms with Crippen LogP contribution in [0.4, 0.5) is 0 Å². The maximum atomic E-state index is 12.0. The number of esters is 1. The molecule has 2 N–H and O–H groups in total. The van der Waals surface area contributed by atoms with E-state index in [1.165, 1.54) is 18.3 Å². The predicted octanol–water partition coefficient (Wildman–Crippen LogP) is 2.15. The molecule has 5 nitrogen and oxygen atoms in total. The lowest BCUT2D eigenvalue weighted by Crippen LogP contribution is -2.30. The van der Waals surface area contributed by atoms with Crippen molar-refractivity contribution in [3.63, 3.8) is 0 Å². The van der Waals surface area contributed by atoms with Gasteiger partial charge in [-0.05, 0) is 13.8 Å². The molecular weight excluding hydrogens is 276 g/mol. The molecule has 1 atom stereocenters. The summed E-state index contributed by atoms with van der Waals surface area (Å²) in [5, 5.41) is 0.738. The summed E-state index contributed by atoms with van der Waals surface area (Å²) < 4.78 is 4.98. The van der Waals surface area contributed by atoms with Gasteiger partial charge in [0.05, 0.1) is 5.69 Å². The number of ether oxygens (including phenoxy) is 1. The molecule has 0 aliphatic heterocycles. The molecule has 0 aliphatic carbocycles. The SMILES string of the molecule is Cc1nc(-c2ccccc2)sc1C(=O)O[C@H](C)C(N)=O. The van der Waals surface area contributed by atoms with Gasteiger partial charge in [-0.2, -0.15) is 0 Å². The van der Waals surface area contributed by atoms with Gasteiger partial charge in [-0.25, -0.2) is 9.78 Å². The van der Waals surface area contributed by atoms with Crippen molar-refractivity contribution < 1.29 is 14.3 Å². The molecular formula is C14H14N2O3S. The van der Waals surface area contributed by atoms with Gasteiger partial charge in [0.2, 0.25) is 0 Å². The molecule has 1 aromatic carbocycles. The molecule has 0 unspecified atom stereocenters. The monoisotopic (exact) mass is 290 g/mol. The standard InChI is InChI=1S/C14H14N2O3S/c1-8-11(14(18)19-9(2)12(15)17)20-13(16-8)10-6-4-3-5-7-10/h3-7,9H,1-2H3,(H2,15,17)/t9-/m1/s1. The fourth-order valence-corrected chi connectivity index (χ4v) is 2.52. The van der Waals surface area contributed by atoms with E-state index in [1.807, 2.05) is 30.3 Å². The quantitative estimate of drug-likeness (QED) is 0.875. The number of rotatable bonds is 4. The van der Waals surface area contributed by atoms with Crippen molar-refractivity contribution in [1.29, 1.82) is 0 Å². The van der Waals surface area contributed by atoms with Crippen LogP contribution in [0.1, 0.15) is 22.3 Å². The van der Waals surface area contributed by atoms with E-state index in [2.05, 4.69) is 4.98 Å². The molecule has 0 saturated heterocycles. The largest absolute Gasteiger partial charge is 0.448 e. The minimum Gasteiger partial charge on any atom is -0.448 e. The first-order valence-electron chi connectivity index (χ1n) is 6.02. The van der Waals surface area contributed by atoms with Gasteiger partial charge in [0.15, 0.2) is 6.10 Å². The predicted molar refractivity (Wildman–Crippen MR) is 76.4 cm³/mol. The number of nitrogens with two attached hydrogens (primary N) is 1. The van der Waals surface area contributed by atoms with Crippen LogP contribution >= 0.6 is 11.3 Å². The molecule has 0 fully saturated rings. The first-order valence-corrected chi connectivity index (χ1v) is 6.84. The zero-order chi connectivity index (χ0) is 14.7. The molecule has 1 amide bonds. The van der Waals surface area contributed by atoms with E-state index < -0.39 is 18.0 Å². The highest BCUT2D eigenvalue weighted by molar-refractivity contribution is 7.17. The number of amides is 1. The summed E-state index contributed by atoms with van der Waals surface area (Å²) >= 11 is 1.24. The van der Waals surface area contributed by atoms with E-state index >= 15 is 0 Å². The van der Waals surface area contributed by atoms with Crippen molar-refractivity contribution >= 4 is 23.2 Å². The fraction of sp³-hybridized carbons (Fsp3) is 0.214. The van der Waals surface area contributed by atoms with Crippen molar-refractivity contribution in [2.24, 2.45) is 5.73 Å². The van der Waals surface area contributed by atoms with Crippen molar-refractivity contribution in [2.45, 2.75) is 20.0 Å². The first kappa shape index (κ1) is 14.2. The molecule has 0 spiro atoms. The fourth-order valence-electron chi connectivity index (χ4n) is 1.56. The van der Waals surface area contributed by atoms with Gasteiger partial charge in [0.1, 0.15) is 9.88 Å². The third-order valence-corrected chi connectivity index (χ3v) is 3.87. The van der Waals surface area contributed by atoms with E-state index in [1.54, 1.807) is 6.92 Å². The number of aromatic nitrogens is 1. The highest BCUT2D eigenvalue weighted by atomic mass is 32.1. The summed E-state index contributed by atoms with van der Waals surface area (Å²) in [5.74, 6) is -1.25. The molecule has 2 rings (SSSR count). The van der Waals surface area contributed by atoms with E-state index in [0.29, 0.717) is 10.6 Å². The Morgan fingerprint density at radius 3 is 2.55 bits per heavy atom. The normalized spacial score (nSPS) is 11.9. The molecule has 1 heterocycles. The summed E-state index contributed by atoms with van der Waals surface area (Å²) in [6.45, 7) is 3.17. The van der Waals surface area contributed by atoms with Crippen molar-refractivity contribution in [2.75, 3.05) is 0 Å². The summed E-state index contributed by atoms with van der Waals surface area (Å²) in [6, 6.07) is 9.55. The van der Waals surface area contributed by atoms with Crippen LogP contribution in [0.25, 0.3) is 10.6 Å². The van der Waals surface area contributed by atoms with E-state index in [-0.39, 0.29) is 0 Å². The van der Waals surface area contributed by atoms with Gasteiger partial charge >= 0.3 is 5.97 Å². The Kier molecular flexibility index (Phi) is 4.14. The molecule has 6 heteroatoms. The Morgan fingerprint density at radius 2 is 1.95 bits per heavy atom. The van der Waals surface area contributed by atoms with Crippen LogP contribution in [0, 0.1) is 6.92 Å². The number of hydrogen-bond acceptors (Lipinski definition) is 5. The van der Waals surface area contributed by atoms with Crippen LogP contribution in [-0.4, -0.2) is 23.0 Å². The average Bonchev–Trinajstić information content (AvgIpc) is 2.81. The van der Waals surface area contributed by atoms with Gasteiger partial charge in [-0.1, -0.05) is 30.3 Å². The Labute approximate surface area is 120 Å². The number of nitrogens with zero attached hydrogens (tertiary/aromatic N) is 1. The Morgan fingerprint density at radius 1 is 1.30 bits per heavy atom. The maximum Gasteiger partial charge on any atom is 0.351 e. The second-order valence-corrected chi connectivity index (χ2v) is 5.25. The number of carbonyl (C=O) groups excluding carboxylic acids is 2. The molecule has 104 valence electrons. The molecule has 0 bridgehead atoms.